The van der Waals surface area contributed by atoms with E-state index in [0.717, 1.165) is 18.4 Å². The van der Waals surface area contributed by atoms with Crippen LogP contribution in [-0.2, 0) is 16.6 Å². The van der Waals surface area contributed by atoms with E-state index >= 15 is 0 Å². The number of fused-ring (bicyclic) bond motifs is 3. The molecule has 2 bridgehead atoms. The third kappa shape index (κ3) is 5.55. The van der Waals surface area contributed by atoms with Crippen LogP contribution in [0.2, 0.25) is 0 Å². The smallest absolute Gasteiger partial charge is 0.293 e. The molecule has 4 aliphatic heterocycles. The highest BCUT2D eigenvalue weighted by Gasteiger charge is 2.42. The summed E-state index contributed by atoms with van der Waals surface area (Å²) in [5, 5.41) is 9.85. The lowest BCUT2D eigenvalue weighted by Crippen LogP contribution is -2.63. The molecule has 4 saturated heterocycles. The molecule has 0 spiro atoms. The average Bonchev–Trinajstić information content (AvgIpc) is 3.04. The number of carbonyl (C=O) groups excluding carboxylic acids is 1. The van der Waals surface area contributed by atoms with Crippen LogP contribution in [0.25, 0.3) is 5.70 Å². The zero-order chi connectivity index (χ0) is 28.0. The fraction of sp³-hybridized carbons (Fsp3) is 0.536. The Hall–Kier alpha value is -3.00. The third-order valence-corrected chi connectivity index (χ3v) is 8.74. The number of allylic oxidation sites excluding steroid dienone is 1. The van der Waals surface area contributed by atoms with E-state index in [1.807, 2.05) is 31.2 Å². The Bertz CT molecular complexity index is 1350. The summed E-state index contributed by atoms with van der Waals surface area (Å²) in [5.74, 6) is 0.468. The highest BCUT2D eigenvalue weighted by Crippen LogP contribution is 2.33. The molecule has 4 aliphatic rings. The zero-order valence-corrected chi connectivity index (χ0v) is 24.0. The summed E-state index contributed by atoms with van der Waals surface area (Å²) in [5.41, 5.74) is 3.26. The molecule has 2 amide bonds. The second-order valence-corrected chi connectivity index (χ2v) is 13.6. The van der Waals surface area contributed by atoms with Crippen LogP contribution < -0.4 is 0 Å². The number of benzene rings is 1. The fourth-order valence-corrected chi connectivity index (χ4v) is 6.74. The maximum absolute atomic E-state index is 12.9. The summed E-state index contributed by atoms with van der Waals surface area (Å²) in [6, 6.07) is 8.03. The molecule has 2 atom stereocenters. The largest absolute Gasteiger partial charge is 0.330 e. The van der Waals surface area contributed by atoms with Gasteiger partial charge in [0, 0.05) is 50.9 Å². The molecule has 0 aromatic heterocycles. The van der Waals surface area contributed by atoms with E-state index in [9.17, 15) is 18.5 Å². The Morgan fingerprint density at radius 2 is 1.92 bits per heavy atom. The second kappa shape index (κ2) is 10.3. The van der Waals surface area contributed by atoms with E-state index in [4.69, 9.17) is 4.99 Å². The van der Waals surface area contributed by atoms with Crippen molar-refractivity contribution in [2.75, 3.05) is 32.9 Å². The molecule has 0 radical (unpaired) electrons. The maximum atomic E-state index is 12.9. The standard InChI is InChI=1S/C28H38N6O3S/c1-8-25(30-26-19(2)33(18-28(3,4)5)27(35)31(26)6)24-13-20(9-10-21(24)14-29)15-32-16-23-12-11-22(32)17-34(23)38(7,36)37/h8-10,13,22-23H,2,11-12,15-18H2,1,3-7H3. The second-order valence-electron chi connectivity index (χ2n) is 11.7. The van der Waals surface area contributed by atoms with Gasteiger partial charge in [0.25, 0.3) is 0 Å². The van der Waals surface area contributed by atoms with Gasteiger partial charge in [-0.1, -0.05) is 39.5 Å². The molecular formula is C28H38N6O3S. The minimum Gasteiger partial charge on any atom is -0.293 e. The number of piperazine rings is 1. The van der Waals surface area contributed by atoms with Gasteiger partial charge in [-0.2, -0.15) is 9.57 Å². The van der Waals surface area contributed by atoms with Crippen molar-refractivity contribution in [3.63, 3.8) is 0 Å². The van der Waals surface area contributed by atoms with Crippen LogP contribution in [0.4, 0.5) is 4.79 Å². The number of amides is 2. The van der Waals surface area contributed by atoms with Gasteiger partial charge in [0.2, 0.25) is 10.0 Å². The van der Waals surface area contributed by atoms with Crippen molar-refractivity contribution < 1.29 is 13.2 Å². The first-order valence-corrected chi connectivity index (χ1v) is 14.8. The van der Waals surface area contributed by atoms with Crippen molar-refractivity contribution in [3.05, 3.63) is 53.2 Å². The van der Waals surface area contributed by atoms with E-state index in [2.05, 4.69) is 38.3 Å². The number of nitriles is 1. The number of aliphatic imine (C=N–C) groups is 1. The third-order valence-electron chi connectivity index (χ3n) is 7.44. The molecule has 4 fully saturated rings. The van der Waals surface area contributed by atoms with E-state index in [1.165, 1.54) is 11.2 Å². The van der Waals surface area contributed by atoms with E-state index in [1.54, 1.807) is 16.3 Å². The molecular weight excluding hydrogens is 500 g/mol. The van der Waals surface area contributed by atoms with Crippen molar-refractivity contribution in [1.29, 1.82) is 5.26 Å². The topological polar surface area (TPSA) is 100 Å². The molecule has 5 rings (SSSR count). The minimum absolute atomic E-state index is 0.00264. The van der Waals surface area contributed by atoms with Crippen LogP contribution in [0.15, 0.2) is 41.5 Å². The average molecular weight is 539 g/mol. The molecule has 10 heteroatoms. The molecule has 4 heterocycles. The normalized spacial score (nSPS) is 24.6. The van der Waals surface area contributed by atoms with E-state index in [0.29, 0.717) is 54.5 Å². The Labute approximate surface area is 226 Å². The Balaban J connectivity index is 1.60. The van der Waals surface area contributed by atoms with Gasteiger partial charge in [-0.15, -0.1) is 0 Å². The summed E-state index contributed by atoms with van der Waals surface area (Å²) in [7, 11) is -1.52. The lowest BCUT2D eigenvalue weighted by Gasteiger charge is -2.50. The molecule has 0 saturated carbocycles. The van der Waals surface area contributed by atoms with Gasteiger partial charge in [-0.3, -0.25) is 14.7 Å². The molecule has 38 heavy (non-hydrogen) atoms. The van der Waals surface area contributed by atoms with Crippen molar-refractivity contribution >= 4 is 27.6 Å². The lowest BCUT2D eigenvalue weighted by molar-refractivity contribution is 0.0184. The predicted molar refractivity (Wildman–Crippen MR) is 149 cm³/mol. The van der Waals surface area contributed by atoms with Crippen LogP contribution in [0.1, 0.15) is 57.2 Å². The van der Waals surface area contributed by atoms with Gasteiger partial charge in [-0.05, 0) is 42.9 Å². The van der Waals surface area contributed by atoms with Crippen LogP contribution >= 0.6 is 0 Å². The van der Waals surface area contributed by atoms with Crippen LogP contribution in [0.3, 0.4) is 0 Å². The molecule has 204 valence electrons. The molecule has 9 nitrogen and oxygen atoms in total. The van der Waals surface area contributed by atoms with Gasteiger partial charge in [-0.25, -0.2) is 18.2 Å². The summed E-state index contributed by atoms with van der Waals surface area (Å²) < 4.78 is 26.0. The quantitative estimate of drug-likeness (QED) is 0.548. The number of nitrogens with zero attached hydrogens (tertiary/aromatic N) is 6. The van der Waals surface area contributed by atoms with Crippen LogP contribution in [0, 0.1) is 16.7 Å². The number of hydrogen-bond donors (Lipinski definition) is 0. The SMILES string of the molecule is C=C1C(=NC(=CC)c2cc(CN3CC4CCC3CN4S(C)(=O)=O)ccc2C#N)N(C)C(=O)N1CC(C)(C)C. The summed E-state index contributed by atoms with van der Waals surface area (Å²) in [6.07, 6.45) is 4.99. The van der Waals surface area contributed by atoms with Gasteiger partial charge in [0.05, 0.1) is 29.3 Å². The number of hydrogen-bond acceptors (Lipinski definition) is 6. The molecule has 1 aromatic rings. The first-order chi connectivity index (χ1) is 17.7. The lowest BCUT2D eigenvalue weighted by atomic mass is 9.92. The van der Waals surface area contributed by atoms with Crippen molar-refractivity contribution in [1.82, 2.24) is 19.0 Å². The maximum Gasteiger partial charge on any atom is 0.330 e. The van der Waals surface area contributed by atoms with E-state index < -0.39 is 10.0 Å². The molecule has 2 unspecified atom stereocenters. The molecule has 0 aliphatic carbocycles. The van der Waals surface area contributed by atoms with Crippen molar-refractivity contribution in [3.8, 4) is 6.07 Å². The minimum atomic E-state index is -3.21. The molecule has 0 N–H and O–H groups in total. The fourth-order valence-electron chi connectivity index (χ4n) is 5.58. The number of amidine groups is 1. The van der Waals surface area contributed by atoms with Crippen molar-refractivity contribution in [2.24, 2.45) is 10.4 Å². The number of piperidine rings is 2. The van der Waals surface area contributed by atoms with Crippen molar-refractivity contribution in [2.45, 2.75) is 59.2 Å². The first-order valence-electron chi connectivity index (χ1n) is 13.0. The summed E-state index contributed by atoms with van der Waals surface area (Å²) in [6.45, 7) is 14.6. The first kappa shape index (κ1) is 28.0. The number of sulfonamides is 1. The van der Waals surface area contributed by atoms with E-state index in [-0.39, 0.29) is 23.5 Å². The van der Waals surface area contributed by atoms with Gasteiger partial charge >= 0.3 is 6.03 Å². The summed E-state index contributed by atoms with van der Waals surface area (Å²) >= 11 is 0. The highest BCUT2D eigenvalue weighted by atomic mass is 32.2. The monoisotopic (exact) mass is 538 g/mol. The molecule has 1 aromatic carbocycles. The van der Waals surface area contributed by atoms with Gasteiger partial charge in [0.1, 0.15) is 0 Å². The predicted octanol–water partition coefficient (Wildman–Crippen LogP) is 3.85. The van der Waals surface area contributed by atoms with Gasteiger partial charge in [0.15, 0.2) is 5.84 Å². The Morgan fingerprint density at radius 3 is 2.47 bits per heavy atom. The number of carbonyl (C=O) groups is 1. The number of rotatable bonds is 6. The highest BCUT2D eigenvalue weighted by molar-refractivity contribution is 7.88. The number of urea groups is 1. The Kier molecular flexibility index (Phi) is 7.58. The number of likely N-dealkylation sites (N-methyl/N-ethyl adjacent to an activating group) is 1. The zero-order valence-electron chi connectivity index (χ0n) is 23.2. The van der Waals surface area contributed by atoms with Gasteiger partial charge < -0.3 is 0 Å². The van der Waals surface area contributed by atoms with Crippen LogP contribution in [-0.4, -0.2) is 84.3 Å². The van der Waals surface area contributed by atoms with Crippen LogP contribution in [0.5, 0.6) is 0 Å². The summed E-state index contributed by atoms with van der Waals surface area (Å²) in [4.78, 5) is 23.3. The Morgan fingerprint density at radius 1 is 1.24 bits per heavy atom.